The monoisotopic (exact) mass is 297 g/mol. The van der Waals surface area contributed by atoms with Crippen molar-refractivity contribution in [1.29, 1.82) is 0 Å². The molecule has 21 heavy (non-hydrogen) atoms. The van der Waals surface area contributed by atoms with Crippen molar-refractivity contribution in [1.82, 2.24) is 15.1 Å². The fourth-order valence-electron chi connectivity index (χ4n) is 4.15. The van der Waals surface area contributed by atoms with Gasteiger partial charge in [0.1, 0.15) is 5.54 Å². The number of hydrogen-bond donors (Lipinski definition) is 2. The van der Waals surface area contributed by atoms with Crippen molar-refractivity contribution in [2.45, 2.75) is 64.1 Å². The van der Waals surface area contributed by atoms with Crippen LogP contribution >= 0.6 is 0 Å². The number of aliphatic carboxylic acids is 1. The minimum absolute atomic E-state index is 0.412. The van der Waals surface area contributed by atoms with E-state index in [4.69, 9.17) is 0 Å². The number of nitrogens with zero attached hydrogens (tertiary/aromatic N) is 2. The topological polar surface area (TPSA) is 55.8 Å². The first kappa shape index (κ1) is 16.7. The maximum absolute atomic E-state index is 11.8. The van der Waals surface area contributed by atoms with Crippen LogP contribution in [0, 0.1) is 0 Å². The lowest BCUT2D eigenvalue weighted by molar-refractivity contribution is -0.147. The van der Waals surface area contributed by atoms with Crippen LogP contribution in [0.15, 0.2) is 0 Å². The average Bonchev–Trinajstić information content (AvgIpc) is 2.47. The molecule has 3 atom stereocenters. The van der Waals surface area contributed by atoms with Crippen molar-refractivity contribution in [3.05, 3.63) is 0 Å². The third-order valence-corrected chi connectivity index (χ3v) is 5.37. The smallest absolute Gasteiger partial charge is 0.323 e. The molecule has 1 aliphatic carbocycles. The summed E-state index contributed by atoms with van der Waals surface area (Å²) in [5, 5.41) is 12.9. The van der Waals surface area contributed by atoms with Gasteiger partial charge in [-0.15, -0.1) is 0 Å². The van der Waals surface area contributed by atoms with E-state index < -0.39 is 11.5 Å². The van der Waals surface area contributed by atoms with Gasteiger partial charge in [-0.25, -0.2) is 0 Å². The fourth-order valence-corrected chi connectivity index (χ4v) is 4.15. The Morgan fingerprint density at radius 1 is 1.38 bits per heavy atom. The highest BCUT2D eigenvalue weighted by Gasteiger charge is 2.44. The van der Waals surface area contributed by atoms with E-state index >= 15 is 0 Å². The molecule has 5 nitrogen and oxygen atoms in total. The van der Waals surface area contributed by atoms with Crippen molar-refractivity contribution >= 4 is 5.97 Å². The van der Waals surface area contributed by atoms with Crippen LogP contribution in [-0.2, 0) is 4.79 Å². The second-order valence-corrected chi connectivity index (χ2v) is 6.64. The Morgan fingerprint density at radius 3 is 2.71 bits per heavy atom. The molecule has 0 spiro atoms. The predicted octanol–water partition coefficient (Wildman–Crippen LogP) is 1.39. The zero-order chi connectivity index (χ0) is 15.5. The van der Waals surface area contributed by atoms with E-state index in [1.165, 1.54) is 0 Å². The fraction of sp³-hybridized carbons (Fsp3) is 0.938. The Balaban J connectivity index is 2.02. The quantitative estimate of drug-likeness (QED) is 0.803. The normalized spacial score (nSPS) is 35.8. The minimum Gasteiger partial charge on any atom is -0.480 e. The lowest BCUT2D eigenvalue weighted by atomic mass is 9.78. The highest BCUT2D eigenvalue weighted by atomic mass is 16.4. The van der Waals surface area contributed by atoms with E-state index in [0.29, 0.717) is 12.1 Å². The molecular formula is C16H31N3O2. The van der Waals surface area contributed by atoms with Crippen LogP contribution in [0.1, 0.15) is 46.5 Å². The van der Waals surface area contributed by atoms with Crippen LogP contribution in [0.3, 0.4) is 0 Å². The van der Waals surface area contributed by atoms with E-state index in [0.717, 1.165) is 58.4 Å². The summed E-state index contributed by atoms with van der Waals surface area (Å²) < 4.78 is 0. The SMILES string of the molecule is CCNC1(C(=O)O)CCCC(N2CCN(CC)C(C)C2)C1. The molecule has 0 radical (unpaired) electrons. The maximum atomic E-state index is 11.8. The second kappa shape index (κ2) is 7.07. The molecular weight excluding hydrogens is 266 g/mol. The number of carbonyl (C=O) groups is 1. The summed E-state index contributed by atoms with van der Waals surface area (Å²) in [4.78, 5) is 16.8. The minimum atomic E-state index is -0.706. The van der Waals surface area contributed by atoms with Crippen molar-refractivity contribution in [2.75, 3.05) is 32.7 Å². The summed E-state index contributed by atoms with van der Waals surface area (Å²) in [6, 6.07) is 0.986. The number of carboxylic acids is 1. The van der Waals surface area contributed by atoms with Crippen molar-refractivity contribution < 1.29 is 9.90 Å². The molecule has 0 amide bonds. The Hall–Kier alpha value is -0.650. The molecule has 3 unspecified atom stereocenters. The van der Waals surface area contributed by atoms with E-state index in [-0.39, 0.29) is 0 Å². The van der Waals surface area contributed by atoms with E-state index in [1.807, 2.05) is 6.92 Å². The first-order valence-electron chi connectivity index (χ1n) is 8.49. The van der Waals surface area contributed by atoms with Crippen molar-refractivity contribution in [3.8, 4) is 0 Å². The molecule has 1 aliphatic heterocycles. The van der Waals surface area contributed by atoms with Crippen LogP contribution in [0.2, 0.25) is 0 Å². The van der Waals surface area contributed by atoms with Crippen molar-refractivity contribution in [3.63, 3.8) is 0 Å². The molecule has 2 fully saturated rings. The summed E-state index contributed by atoms with van der Waals surface area (Å²) in [7, 11) is 0. The van der Waals surface area contributed by atoms with Gasteiger partial charge in [0.15, 0.2) is 0 Å². The number of nitrogens with one attached hydrogen (secondary N) is 1. The molecule has 1 heterocycles. The lowest BCUT2D eigenvalue weighted by Crippen LogP contribution is -2.61. The molecule has 122 valence electrons. The molecule has 2 N–H and O–H groups in total. The third-order valence-electron chi connectivity index (χ3n) is 5.37. The summed E-state index contributed by atoms with van der Waals surface area (Å²) in [6.45, 7) is 11.6. The van der Waals surface area contributed by atoms with Crippen LogP contribution in [0.4, 0.5) is 0 Å². The zero-order valence-electron chi connectivity index (χ0n) is 13.8. The van der Waals surface area contributed by atoms with Crippen LogP contribution in [-0.4, -0.2) is 71.2 Å². The Morgan fingerprint density at radius 2 is 2.14 bits per heavy atom. The summed E-state index contributed by atoms with van der Waals surface area (Å²) >= 11 is 0. The van der Waals surface area contributed by atoms with E-state index in [1.54, 1.807) is 0 Å². The second-order valence-electron chi connectivity index (χ2n) is 6.64. The Bertz CT molecular complexity index is 359. The Labute approximate surface area is 128 Å². The largest absolute Gasteiger partial charge is 0.480 e. The van der Waals surface area contributed by atoms with Gasteiger partial charge in [-0.2, -0.15) is 0 Å². The molecule has 0 bridgehead atoms. The van der Waals surface area contributed by atoms with E-state index in [2.05, 4.69) is 29.0 Å². The van der Waals surface area contributed by atoms with E-state index in [9.17, 15) is 9.90 Å². The van der Waals surface area contributed by atoms with Crippen LogP contribution in [0.25, 0.3) is 0 Å². The van der Waals surface area contributed by atoms with Gasteiger partial charge in [0, 0.05) is 31.7 Å². The predicted molar refractivity (Wildman–Crippen MR) is 84.6 cm³/mol. The molecule has 1 saturated heterocycles. The summed E-state index contributed by atoms with van der Waals surface area (Å²) in [5.74, 6) is -0.672. The van der Waals surface area contributed by atoms with Gasteiger partial charge in [-0.05, 0) is 45.7 Å². The highest BCUT2D eigenvalue weighted by Crippen LogP contribution is 2.32. The summed E-state index contributed by atoms with van der Waals surface area (Å²) in [5.41, 5.74) is -0.706. The first-order chi connectivity index (χ1) is 10.0. The van der Waals surface area contributed by atoms with Gasteiger partial charge in [0.2, 0.25) is 0 Å². The first-order valence-corrected chi connectivity index (χ1v) is 8.49. The van der Waals surface area contributed by atoms with Gasteiger partial charge in [0.05, 0.1) is 0 Å². The molecule has 5 heteroatoms. The highest BCUT2D eigenvalue weighted by molar-refractivity contribution is 5.79. The number of carboxylic acid groups (broad SMARTS) is 1. The molecule has 0 aromatic heterocycles. The lowest BCUT2D eigenvalue weighted by Gasteiger charge is -2.47. The molecule has 0 aromatic rings. The van der Waals surface area contributed by atoms with Gasteiger partial charge in [-0.1, -0.05) is 13.8 Å². The van der Waals surface area contributed by atoms with Gasteiger partial charge in [-0.3, -0.25) is 14.6 Å². The zero-order valence-corrected chi connectivity index (χ0v) is 13.8. The molecule has 2 aliphatic rings. The molecule has 1 saturated carbocycles. The van der Waals surface area contributed by atoms with Gasteiger partial charge in [0.25, 0.3) is 0 Å². The standard InChI is InChI=1S/C16H31N3O2/c1-4-17-16(15(20)21)8-6-7-14(11-16)19-10-9-18(5-2)13(3)12-19/h13-14,17H,4-12H2,1-3H3,(H,20,21). The van der Waals surface area contributed by atoms with Gasteiger partial charge < -0.3 is 10.4 Å². The van der Waals surface area contributed by atoms with Gasteiger partial charge >= 0.3 is 5.97 Å². The number of likely N-dealkylation sites (N-methyl/N-ethyl adjacent to an activating group) is 2. The summed E-state index contributed by atoms with van der Waals surface area (Å²) in [6.07, 6.45) is 3.65. The Kier molecular flexibility index (Phi) is 5.63. The third kappa shape index (κ3) is 3.58. The number of hydrogen-bond acceptors (Lipinski definition) is 4. The molecule has 0 aromatic carbocycles. The number of rotatable bonds is 5. The van der Waals surface area contributed by atoms with Crippen LogP contribution < -0.4 is 5.32 Å². The number of piperazine rings is 1. The maximum Gasteiger partial charge on any atom is 0.323 e. The van der Waals surface area contributed by atoms with Crippen molar-refractivity contribution in [2.24, 2.45) is 0 Å². The molecule has 2 rings (SSSR count). The van der Waals surface area contributed by atoms with Crippen LogP contribution in [0.5, 0.6) is 0 Å². The average molecular weight is 297 g/mol.